The van der Waals surface area contributed by atoms with Crippen LogP contribution in [0.3, 0.4) is 0 Å². The van der Waals surface area contributed by atoms with E-state index in [1.165, 1.54) is 11.6 Å². The molecule has 19 heavy (non-hydrogen) atoms. The van der Waals surface area contributed by atoms with Crippen molar-refractivity contribution in [2.24, 2.45) is 0 Å². The molecule has 0 bridgehead atoms. The Morgan fingerprint density at radius 3 is 2.47 bits per heavy atom. The van der Waals surface area contributed by atoms with E-state index in [-0.39, 0.29) is 12.4 Å². The van der Waals surface area contributed by atoms with Crippen molar-refractivity contribution in [3.05, 3.63) is 71.0 Å². The van der Waals surface area contributed by atoms with Crippen molar-refractivity contribution in [1.29, 1.82) is 0 Å². The maximum absolute atomic E-state index is 13.9. The van der Waals surface area contributed by atoms with Crippen LogP contribution < -0.4 is 0 Å². The Balaban J connectivity index is 2.36. The largest absolute Gasteiger partial charge is 0.395 e. The second-order valence-electron chi connectivity index (χ2n) is 5.36. The summed E-state index contributed by atoms with van der Waals surface area (Å²) in [5, 5.41) is 9.73. The van der Waals surface area contributed by atoms with E-state index in [1.54, 1.807) is 12.1 Å². The Morgan fingerprint density at radius 1 is 1.11 bits per heavy atom. The van der Waals surface area contributed by atoms with Gasteiger partial charge in [0.25, 0.3) is 0 Å². The molecule has 0 radical (unpaired) electrons. The quantitative estimate of drug-likeness (QED) is 0.888. The number of aliphatic hydroxyl groups excluding tert-OH is 1. The first-order valence-corrected chi connectivity index (χ1v) is 6.46. The van der Waals surface area contributed by atoms with E-state index >= 15 is 0 Å². The van der Waals surface area contributed by atoms with Gasteiger partial charge >= 0.3 is 0 Å². The predicted molar refractivity (Wildman–Crippen MR) is 75.7 cm³/mol. The molecule has 0 fully saturated rings. The van der Waals surface area contributed by atoms with Crippen molar-refractivity contribution in [3.8, 4) is 0 Å². The van der Waals surface area contributed by atoms with Gasteiger partial charge in [0.2, 0.25) is 0 Å². The number of halogens is 1. The number of hydrogen-bond acceptors (Lipinski definition) is 1. The summed E-state index contributed by atoms with van der Waals surface area (Å²) in [5.74, 6) is -0.258. The normalized spacial score (nSPS) is 14.1. The standard InChI is InChI=1S/C17H19FO/c1-13-6-5-7-14(10-13)11-17(2,12-19)15-8-3-4-9-16(15)18/h3-10,19H,11-12H2,1-2H3. The third-order valence-corrected chi connectivity index (χ3v) is 3.55. The lowest BCUT2D eigenvalue weighted by Crippen LogP contribution is -2.30. The van der Waals surface area contributed by atoms with Crippen LogP contribution in [0.2, 0.25) is 0 Å². The molecule has 1 unspecified atom stereocenters. The van der Waals surface area contributed by atoms with E-state index in [4.69, 9.17) is 0 Å². The molecule has 0 heterocycles. The maximum Gasteiger partial charge on any atom is 0.127 e. The molecule has 2 heteroatoms. The minimum absolute atomic E-state index is 0.0815. The number of rotatable bonds is 4. The lowest BCUT2D eigenvalue weighted by atomic mass is 9.77. The summed E-state index contributed by atoms with van der Waals surface area (Å²) in [6.07, 6.45) is 0.617. The lowest BCUT2D eigenvalue weighted by Gasteiger charge is -2.28. The van der Waals surface area contributed by atoms with Crippen LogP contribution in [0.5, 0.6) is 0 Å². The first-order chi connectivity index (χ1) is 9.05. The Morgan fingerprint density at radius 2 is 1.84 bits per heavy atom. The number of aryl methyl sites for hydroxylation is 1. The molecule has 1 N–H and O–H groups in total. The minimum atomic E-state index is -0.598. The van der Waals surface area contributed by atoms with E-state index in [0.29, 0.717) is 12.0 Å². The SMILES string of the molecule is Cc1cccc(CC(C)(CO)c2ccccc2F)c1. The third-order valence-electron chi connectivity index (χ3n) is 3.55. The molecule has 1 atom stereocenters. The fourth-order valence-electron chi connectivity index (χ4n) is 2.46. The summed E-state index contributed by atoms with van der Waals surface area (Å²) >= 11 is 0. The second kappa shape index (κ2) is 5.54. The summed E-state index contributed by atoms with van der Waals surface area (Å²) in [5.41, 5.74) is 2.25. The lowest BCUT2D eigenvalue weighted by molar-refractivity contribution is 0.201. The summed E-state index contributed by atoms with van der Waals surface area (Å²) in [6.45, 7) is 3.85. The highest BCUT2D eigenvalue weighted by Gasteiger charge is 2.29. The zero-order valence-electron chi connectivity index (χ0n) is 11.4. The number of benzene rings is 2. The fraction of sp³-hybridized carbons (Fsp3) is 0.294. The van der Waals surface area contributed by atoms with E-state index in [2.05, 4.69) is 6.07 Å². The van der Waals surface area contributed by atoms with Crippen LogP contribution in [0.25, 0.3) is 0 Å². The van der Waals surface area contributed by atoms with Gasteiger partial charge in [0, 0.05) is 5.41 Å². The monoisotopic (exact) mass is 258 g/mol. The molecule has 2 aromatic rings. The topological polar surface area (TPSA) is 20.2 Å². The van der Waals surface area contributed by atoms with Crippen molar-refractivity contribution in [2.75, 3.05) is 6.61 Å². The van der Waals surface area contributed by atoms with Crippen LogP contribution in [0.4, 0.5) is 4.39 Å². The average Bonchev–Trinajstić information content (AvgIpc) is 2.39. The van der Waals surface area contributed by atoms with Crippen molar-refractivity contribution >= 4 is 0 Å². The Kier molecular flexibility index (Phi) is 4.01. The van der Waals surface area contributed by atoms with Crippen LogP contribution in [-0.2, 0) is 11.8 Å². The summed E-state index contributed by atoms with van der Waals surface area (Å²) in [7, 11) is 0. The van der Waals surface area contributed by atoms with Crippen LogP contribution in [0, 0.1) is 12.7 Å². The van der Waals surface area contributed by atoms with Crippen molar-refractivity contribution < 1.29 is 9.50 Å². The van der Waals surface area contributed by atoms with Crippen LogP contribution >= 0.6 is 0 Å². The van der Waals surface area contributed by atoms with E-state index in [9.17, 15) is 9.50 Å². The Bertz CT molecular complexity index is 565. The molecule has 0 aliphatic rings. The van der Waals surface area contributed by atoms with Crippen LogP contribution in [-0.4, -0.2) is 11.7 Å². The molecule has 0 aliphatic carbocycles. The molecule has 1 nitrogen and oxygen atoms in total. The van der Waals surface area contributed by atoms with Gasteiger partial charge in [-0.15, -0.1) is 0 Å². The van der Waals surface area contributed by atoms with Gasteiger partial charge in [-0.25, -0.2) is 4.39 Å². The van der Waals surface area contributed by atoms with Crippen LogP contribution in [0.15, 0.2) is 48.5 Å². The highest BCUT2D eigenvalue weighted by molar-refractivity contribution is 5.31. The molecule has 0 saturated heterocycles. The van der Waals surface area contributed by atoms with E-state index in [0.717, 1.165) is 5.56 Å². The average molecular weight is 258 g/mol. The predicted octanol–water partition coefficient (Wildman–Crippen LogP) is 3.63. The maximum atomic E-state index is 13.9. The minimum Gasteiger partial charge on any atom is -0.395 e. The highest BCUT2D eigenvalue weighted by atomic mass is 19.1. The fourth-order valence-corrected chi connectivity index (χ4v) is 2.46. The van der Waals surface area contributed by atoms with E-state index in [1.807, 2.05) is 38.1 Å². The summed E-state index contributed by atoms with van der Waals surface area (Å²) in [6, 6.07) is 14.8. The van der Waals surface area contributed by atoms with Gasteiger partial charge in [0.15, 0.2) is 0 Å². The smallest absolute Gasteiger partial charge is 0.127 e. The Labute approximate surface area is 113 Å². The number of aliphatic hydroxyl groups is 1. The molecule has 0 aliphatic heterocycles. The van der Waals surface area contributed by atoms with Crippen molar-refractivity contribution in [2.45, 2.75) is 25.7 Å². The van der Waals surface area contributed by atoms with Gasteiger partial charge in [-0.1, -0.05) is 55.0 Å². The Hall–Kier alpha value is -1.67. The van der Waals surface area contributed by atoms with Gasteiger partial charge < -0.3 is 5.11 Å². The third kappa shape index (κ3) is 3.02. The highest BCUT2D eigenvalue weighted by Crippen LogP contribution is 2.30. The number of hydrogen-bond donors (Lipinski definition) is 1. The van der Waals surface area contributed by atoms with Crippen LogP contribution in [0.1, 0.15) is 23.6 Å². The molecule has 0 aromatic heterocycles. The molecule has 0 saturated carbocycles. The van der Waals surface area contributed by atoms with Gasteiger partial charge in [0.1, 0.15) is 5.82 Å². The van der Waals surface area contributed by atoms with Crippen molar-refractivity contribution in [3.63, 3.8) is 0 Å². The summed E-state index contributed by atoms with van der Waals surface area (Å²) < 4.78 is 13.9. The van der Waals surface area contributed by atoms with Gasteiger partial charge in [-0.3, -0.25) is 0 Å². The van der Waals surface area contributed by atoms with Gasteiger partial charge in [0.05, 0.1) is 6.61 Å². The second-order valence-corrected chi connectivity index (χ2v) is 5.36. The summed E-state index contributed by atoms with van der Waals surface area (Å²) in [4.78, 5) is 0. The van der Waals surface area contributed by atoms with Gasteiger partial charge in [-0.2, -0.15) is 0 Å². The molecule has 0 spiro atoms. The molecule has 2 aromatic carbocycles. The molecule has 100 valence electrons. The van der Waals surface area contributed by atoms with Gasteiger partial charge in [-0.05, 0) is 30.5 Å². The zero-order chi connectivity index (χ0) is 13.9. The van der Waals surface area contributed by atoms with Crippen molar-refractivity contribution in [1.82, 2.24) is 0 Å². The molecular formula is C17H19FO. The first-order valence-electron chi connectivity index (χ1n) is 6.46. The molecular weight excluding hydrogens is 239 g/mol. The zero-order valence-corrected chi connectivity index (χ0v) is 11.4. The molecule has 0 amide bonds. The molecule has 2 rings (SSSR count). The first kappa shape index (κ1) is 13.8. The van der Waals surface area contributed by atoms with E-state index < -0.39 is 5.41 Å².